The maximum absolute atomic E-state index is 13.4. The van der Waals surface area contributed by atoms with Gasteiger partial charge in [-0.1, -0.05) is 6.07 Å². The number of rotatable bonds is 4. The number of hydrogen-bond donors (Lipinski definition) is 2. The highest BCUT2D eigenvalue weighted by molar-refractivity contribution is 6.05. The molecule has 2 N–H and O–H groups in total. The van der Waals surface area contributed by atoms with E-state index >= 15 is 0 Å². The van der Waals surface area contributed by atoms with Crippen LogP contribution in [0.25, 0.3) is 22.0 Å². The lowest BCUT2D eigenvalue weighted by Crippen LogP contribution is -2.32. The molecule has 25 heavy (non-hydrogen) atoms. The summed E-state index contributed by atoms with van der Waals surface area (Å²) in [5.74, 6) is -0.657. The monoisotopic (exact) mass is 340 g/mol. The van der Waals surface area contributed by atoms with Gasteiger partial charge in [-0.2, -0.15) is 5.10 Å². The van der Waals surface area contributed by atoms with Crippen molar-refractivity contribution in [3.63, 3.8) is 0 Å². The Hall–Kier alpha value is -2.80. The molecule has 3 heterocycles. The summed E-state index contributed by atoms with van der Waals surface area (Å²) in [5.41, 5.74) is 2.48. The summed E-state index contributed by atoms with van der Waals surface area (Å²) in [7, 11) is 0. The van der Waals surface area contributed by atoms with Crippen LogP contribution in [0.4, 0.5) is 4.39 Å². The molecule has 4 rings (SSSR count). The highest BCUT2D eigenvalue weighted by Gasteiger charge is 2.19. The van der Waals surface area contributed by atoms with Gasteiger partial charge >= 0.3 is 0 Å². The molecule has 1 unspecified atom stereocenters. The number of fused-ring (bicyclic) bond motifs is 1. The average Bonchev–Trinajstić information content (AvgIpc) is 3.28. The summed E-state index contributed by atoms with van der Waals surface area (Å²) < 4.78 is 18.9. The molecule has 0 aliphatic carbocycles. The van der Waals surface area contributed by atoms with Gasteiger partial charge in [-0.25, -0.2) is 4.39 Å². The quantitative estimate of drug-likeness (QED) is 0.765. The van der Waals surface area contributed by atoms with Crippen LogP contribution in [-0.4, -0.2) is 40.3 Å². The van der Waals surface area contributed by atoms with Crippen LogP contribution in [0.5, 0.6) is 0 Å². The van der Waals surface area contributed by atoms with Crippen molar-refractivity contribution in [1.82, 2.24) is 20.5 Å². The second-order valence-electron chi connectivity index (χ2n) is 6.07. The van der Waals surface area contributed by atoms with Crippen LogP contribution in [0.15, 0.2) is 36.7 Å². The lowest BCUT2D eigenvalue weighted by molar-refractivity contribution is 0.0855. The van der Waals surface area contributed by atoms with Gasteiger partial charge in [0.1, 0.15) is 5.82 Å². The molecule has 6 nitrogen and oxygen atoms in total. The second kappa shape index (κ2) is 6.60. The van der Waals surface area contributed by atoms with Crippen molar-refractivity contribution in [3.05, 3.63) is 48.2 Å². The minimum absolute atomic E-state index is 0.0723. The number of carbonyl (C=O) groups is 1. The van der Waals surface area contributed by atoms with E-state index in [-0.39, 0.29) is 12.0 Å². The van der Waals surface area contributed by atoms with Crippen molar-refractivity contribution < 1.29 is 13.9 Å². The molecule has 1 atom stereocenters. The molecule has 3 aromatic rings. The first-order chi connectivity index (χ1) is 12.2. The lowest BCUT2D eigenvalue weighted by atomic mass is 10.0. The van der Waals surface area contributed by atoms with Crippen LogP contribution < -0.4 is 5.32 Å². The number of carbonyl (C=O) groups excluding carboxylic acids is 1. The summed E-state index contributed by atoms with van der Waals surface area (Å²) in [6, 6.07) is 6.88. The number of aromatic amines is 1. The topological polar surface area (TPSA) is 79.9 Å². The van der Waals surface area contributed by atoms with Gasteiger partial charge in [0.25, 0.3) is 5.91 Å². The molecule has 1 fully saturated rings. The fourth-order valence-electron chi connectivity index (χ4n) is 3.03. The molecular weight excluding hydrogens is 323 g/mol. The number of nitrogens with zero attached hydrogens (tertiary/aromatic N) is 2. The van der Waals surface area contributed by atoms with Crippen molar-refractivity contribution in [1.29, 1.82) is 0 Å². The number of hydrogen-bond acceptors (Lipinski definition) is 4. The van der Waals surface area contributed by atoms with Crippen molar-refractivity contribution in [3.8, 4) is 11.1 Å². The Morgan fingerprint density at radius 2 is 2.24 bits per heavy atom. The van der Waals surface area contributed by atoms with Gasteiger partial charge in [0.2, 0.25) is 0 Å². The molecule has 0 radical (unpaired) electrons. The summed E-state index contributed by atoms with van der Waals surface area (Å²) in [6.45, 7) is 1.22. The third-order valence-corrected chi connectivity index (χ3v) is 4.33. The van der Waals surface area contributed by atoms with Crippen LogP contribution in [-0.2, 0) is 4.74 Å². The predicted octanol–water partition coefficient (Wildman–Crippen LogP) is 2.67. The molecule has 128 valence electrons. The summed E-state index contributed by atoms with van der Waals surface area (Å²) in [5, 5.41) is 10.5. The molecule has 2 aromatic heterocycles. The van der Waals surface area contributed by atoms with Crippen LogP contribution in [0.1, 0.15) is 23.3 Å². The van der Waals surface area contributed by atoms with E-state index < -0.39 is 5.82 Å². The van der Waals surface area contributed by atoms with Crippen LogP contribution >= 0.6 is 0 Å². The van der Waals surface area contributed by atoms with Crippen molar-refractivity contribution in [2.45, 2.75) is 18.9 Å². The molecule has 1 aliphatic heterocycles. The smallest absolute Gasteiger partial charge is 0.272 e. The van der Waals surface area contributed by atoms with E-state index in [0.29, 0.717) is 23.2 Å². The fourth-order valence-corrected chi connectivity index (χ4v) is 3.03. The fraction of sp³-hybridized carbons (Fsp3) is 0.278. The summed E-state index contributed by atoms with van der Waals surface area (Å²) in [4.78, 5) is 16.3. The Morgan fingerprint density at radius 3 is 3.04 bits per heavy atom. The number of H-pyrrole nitrogens is 1. The van der Waals surface area contributed by atoms with E-state index in [9.17, 15) is 9.18 Å². The third kappa shape index (κ3) is 3.23. The van der Waals surface area contributed by atoms with Gasteiger partial charge in [0.05, 0.1) is 17.8 Å². The zero-order valence-corrected chi connectivity index (χ0v) is 13.5. The number of benzene rings is 1. The van der Waals surface area contributed by atoms with Crippen LogP contribution in [0, 0.1) is 5.82 Å². The number of amides is 1. The number of halogens is 1. The highest BCUT2D eigenvalue weighted by atomic mass is 19.1. The van der Waals surface area contributed by atoms with E-state index in [1.54, 1.807) is 6.20 Å². The molecule has 0 spiro atoms. The number of pyridine rings is 1. The van der Waals surface area contributed by atoms with E-state index in [1.165, 1.54) is 6.07 Å². The lowest BCUT2D eigenvalue weighted by Gasteiger charge is -2.09. The first-order valence-electron chi connectivity index (χ1n) is 8.19. The predicted molar refractivity (Wildman–Crippen MR) is 90.6 cm³/mol. The van der Waals surface area contributed by atoms with Crippen molar-refractivity contribution >= 4 is 16.8 Å². The normalized spacial score (nSPS) is 17.1. The summed E-state index contributed by atoms with van der Waals surface area (Å²) >= 11 is 0. The minimum atomic E-state index is -0.403. The molecule has 1 aliphatic rings. The first kappa shape index (κ1) is 15.7. The standard InChI is InChI=1S/C18H17FN4O2/c19-13-6-12(8-20-9-13)11-3-4-16-15(7-11)17(23-22-16)18(24)21-10-14-2-1-5-25-14/h3-4,6-9,14H,1-2,5,10H2,(H,21,24)(H,22,23). The Bertz CT molecular complexity index is 918. The van der Waals surface area contributed by atoms with Crippen molar-refractivity contribution in [2.24, 2.45) is 0 Å². The molecule has 1 amide bonds. The highest BCUT2D eigenvalue weighted by Crippen LogP contribution is 2.25. The van der Waals surface area contributed by atoms with Gasteiger partial charge in [-0.05, 0) is 36.6 Å². The molecule has 1 saturated heterocycles. The van der Waals surface area contributed by atoms with Gasteiger partial charge < -0.3 is 10.1 Å². The van der Waals surface area contributed by atoms with Crippen molar-refractivity contribution in [2.75, 3.05) is 13.2 Å². The Labute approximate surface area is 143 Å². The van der Waals surface area contributed by atoms with E-state index in [2.05, 4.69) is 20.5 Å². The SMILES string of the molecule is O=C(NCC1CCCO1)c1n[nH]c2ccc(-c3cncc(F)c3)cc12. The Kier molecular flexibility index (Phi) is 4.15. The Balaban J connectivity index is 1.61. The maximum Gasteiger partial charge on any atom is 0.272 e. The van der Waals surface area contributed by atoms with E-state index in [0.717, 1.165) is 36.7 Å². The number of aromatic nitrogens is 3. The largest absolute Gasteiger partial charge is 0.376 e. The van der Waals surface area contributed by atoms with E-state index in [4.69, 9.17) is 4.74 Å². The number of nitrogens with one attached hydrogen (secondary N) is 2. The zero-order valence-electron chi connectivity index (χ0n) is 13.5. The first-order valence-corrected chi connectivity index (χ1v) is 8.19. The molecule has 7 heteroatoms. The van der Waals surface area contributed by atoms with Crippen LogP contribution in [0.2, 0.25) is 0 Å². The molecule has 0 saturated carbocycles. The van der Waals surface area contributed by atoms with Gasteiger partial charge in [0, 0.05) is 30.3 Å². The van der Waals surface area contributed by atoms with E-state index in [1.807, 2.05) is 18.2 Å². The number of ether oxygens (including phenoxy) is 1. The molecule has 0 bridgehead atoms. The van der Waals surface area contributed by atoms with Gasteiger partial charge in [0.15, 0.2) is 5.69 Å². The van der Waals surface area contributed by atoms with Gasteiger partial charge in [-0.3, -0.25) is 14.9 Å². The third-order valence-electron chi connectivity index (χ3n) is 4.33. The molecule has 1 aromatic carbocycles. The zero-order chi connectivity index (χ0) is 17.2. The second-order valence-corrected chi connectivity index (χ2v) is 6.07. The maximum atomic E-state index is 13.4. The summed E-state index contributed by atoms with van der Waals surface area (Å²) in [6.07, 6.45) is 4.80. The van der Waals surface area contributed by atoms with Gasteiger partial charge in [-0.15, -0.1) is 0 Å². The molecular formula is C18H17FN4O2. The van der Waals surface area contributed by atoms with Crippen LogP contribution in [0.3, 0.4) is 0 Å². The Morgan fingerprint density at radius 1 is 1.32 bits per heavy atom. The average molecular weight is 340 g/mol. The minimum Gasteiger partial charge on any atom is -0.376 e.